The quantitative estimate of drug-likeness (QED) is 0.618. The fraction of sp³-hybridized carbons (Fsp3) is 0.417. The summed E-state index contributed by atoms with van der Waals surface area (Å²) in [6.45, 7) is 0. The van der Waals surface area contributed by atoms with Crippen molar-refractivity contribution in [3.05, 3.63) is 28.7 Å². The molecule has 0 unspecified atom stereocenters. The Morgan fingerprint density at radius 2 is 1.88 bits per heavy atom. The lowest BCUT2D eigenvalue weighted by Crippen LogP contribution is -2.24. The van der Waals surface area contributed by atoms with Crippen molar-refractivity contribution in [1.82, 2.24) is 0 Å². The first kappa shape index (κ1) is 12.0. The number of hydrogen-bond donors (Lipinski definition) is 0. The lowest BCUT2D eigenvalue weighted by Gasteiger charge is -2.19. The summed E-state index contributed by atoms with van der Waals surface area (Å²) in [5.74, 6) is 2.78. The molecule has 1 aliphatic heterocycles. The molecule has 0 spiro atoms. The van der Waals surface area contributed by atoms with Gasteiger partial charge < -0.3 is 4.74 Å². The highest BCUT2D eigenvalue weighted by Crippen LogP contribution is 2.25. The third kappa shape index (κ3) is 3.25. The molecule has 0 atom stereocenters. The predicted octanol–water partition coefficient (Wildman–Crippen LogP) is 3.50. The van der Waals surface area contributed by atoms with Gasteiger partial charge in [0, 0.05) is 4.47 Å². The van der Waals surface area contributed by atoms with Gasteiger partial charge in [0.15, 0.2) is 0 Å². The van der Waals surface area contributed by atoms with Gasteiger partial charge in [0.05, 0.1) is 5.92 Å². The summed E-state index contributed by atoms with van der Waals surface area (Å²) in [6.07, 6.45) is 1.89. The van der Waals surface area contributed by atoms with Crippen molar-refractivity contribution in [1.29, 1.82) is 0 Å². The molecule has 0 radical (unpaired) electrons. The minimum absolute atomic E-state index is 0.0809. The number of ether oxygens (including phenoxy) is 1. The van der Waals surface area contributed by atoms with Crippen LogP contribution in [0.25, 0.3) is 0 Å². The summed E-state index contributed by atoms with van der Waals surface area (Å²) in [5.41, 5.74) is 0. The van der Waals surface area contributed by atoms with Crippen LogP contribution in [0.4, 0.5) is 0 Å². The minimum atomic E-state index is -0.0809. The Morgan fingerprint density at radius 1 is 1.25 bits per heavy atom. The Kier molecular flexibility index (Phi) is 4.29. The standard InChI is InChI=1S/C12H13BrO2S/c13-10-1-3-11(4-2-10)15-12(14)9-5-7-16-8-6-9/h1-4,9H,5-8H2. The number of thioether (sulfide) groups is 1. The Hall–Kier alpha value is -0.480. The predicted molar refractivity (Wildman–Crippen MR) is 69.8 cm³/mol. The van der Waals surface area contributed by atoms with Gasteiger partial charge >= 0.3 is 5.97 Å². The van der Waals surface area contributed by atoms with E-state index in [4.69, 9.17) is 4.74 Å². The minimum Gasteiger partial charge on any atom is -0.426 e. The van der Waals surface area contributed by atoms with E-state index in [9.17, 15) is 4.79 Å². The van der Waals surface area contributed by atoms with E-state index in [1.54, 1.807) is 12.1 Å². The van der Waals surface area contributed by atoms with Gasteiger partial charge in [0.2, 0.25) is 0 Å². The molecule has 4 heteroatoms. The van der Waals surface area contributed by atoms with E-state index in [-0.39, 0.29) is 11.9 Å². The Morgan fingerprint density at radius 3 is 2.50 bits per heavy atom. The highest BCUT2D eigenvalue weighted by atomic mass is 79.9. The fourth-order valence-electron chi connectivity index (χ4n) is 1.64. The largest absolute Gasteiger partial charge is 0.426 e. The number of carbonyl (C=O) groups is 1. The second-order valence-corrected chi connectivity index (χ2v) is 5.90. The molecule has 1 aliphatic rings. The third-order valence-electron chi connectivity index (χ3n) is 2.59. The second-order valence-electron chi connectivity index (χ2n) is 3.76. The maximum absolute atomic E-state index is 11.8. The zero-order valence-corrected chi connectivity index (χ0v) is 11.2. The van der Waals surface area contributed by atoms with Gasteiger partial charge in [-0.15, -0.1) is 0 Å². The smallest absolute Gasteiger partial charge is 0.314 e. The first-order valence-electron chi connectivity index (χ1n) is 5.31. The van der Waals surface area contributed by atoms with Crippen LogP contribution < -0.4 is 4.74 Å². The lowest BCUT2D eigenvalue weighted by atomic mass is 10.0. The van der Waals surface area contributed by atoms with Crippen molar-refractivity contribution in [3.8, 4) is 5.75 Å². The summed E-state index contributed by atoms with van der Waals surface area (Å²) >= 11 is 5.26. The summed E-state index contributed by atoms with van der Waals surface area (Å²) in [4.78, 5) is 11.8. The number of hydrogen-bond acceptors (Lipinski definition) is 3. The van der Waals surface area contributed by atoms with Crippen LogP contribution in [0.5, 0.6) is 5.75 Å². The zero-order valence-electron chi connectivity index (χ0n) is 8.82. The molecule has 0 N–H and O–H groups in total. The molecule has 1 heterocycles. The van der Waals surface area contributed by atoms with E-state index in [0.29, 0.717) is 5.75 Å². The van der Waals surface area contributed by atoms with Crippen LogP contribution in [0.2, 0.25) is 0 Å². The first-order valence-corrected chi connectivity index (χ1v) is 7.25. The number of carbonyl (C=O) groups excluding carboxylic acids is 1. The van der Waals surface area contributed by atoms with Gasteiger partial charge in [0.25, 0.3) is 0 Å². The molecular formula is C12H13BrO2S. The Balaban J connectivity index is 1.93. The molecule has 0 saturated carbocycles. The van der Waals surface area contributed by atoms with Crippen LogP contribution in [0.15, 0.2) is 28.7 Å². The number of esters is 1. The first-order chi connectivity index (χ1) is 7.75. The summed E-state index contributed by atoms with van der Waals surface area (Å²) in [6, 6.07) is 7.36. The van der Waals surface area contributed by atoms with Crippen LogP contribution in [-0.4, -0.2) is 17.5 Å². The number of rotatable bonds is 2. The van der Waals surface area contributed by atoms with E-state index >= 15 is 0 Å². The molecule has 0 aromatic heterocycles. The van der Waals surface area contributed by atoms with E-state index in [1.165, 1.54) is 0 Å². The zero-order chi connectivity index (χ0) is 11.4. The van der Waals surface area contributed by atoms with Crippen LogP contribution in [0, 0.1) is 5.92 Å². The maximum Gasteiger partial charge on any atom is 0.314 e. The van der Waals surface area contributed by atoms with Gasteiger partial charge in [-0.05, 0) is 48.6 Å². The van der Waals surface area contributed by atoms with Crippen molar-refractivity contribution >= 4 is 33.7 Å². The van der Waals surface area contributed by atoms with Crippen molar-refractivity contribution < 1.29 is 9.53 Å². The molecule has 2 nitrogen and oxygen atoms in total. The van der Waals surface area contributed by atoms with E-state index < -0.39 is 0 Å². The molecule has 2 rings (SSSR count). The molecule has 1 aromatic carbocycles. The summed E-state index contributed by atoms with van der Waals surface area (Å²) in [7, 11) is 0. The topological polar surface area (TPSA) is 26.3 Å². The van der Waals surface area contributed by atoms with Crippen LogP contribution in [0.3, 0.4) is 0 Å². The van der Waals surface area contributed by atoms with Gasteiger partial charge in [0.1, 0.15) is 5.75 Å². The van der Waals surface area contributed by atoms with E-state index in [2.05, 4.69) is 15.9 Å². The highest BCUT2D eigenvalue weighted by Gasteiger charge is 2.23. The molecule has 0 bridgehead atoms. The second kappa shape index (κ2) is 5.73. The molecule has 0 amide bonds. The van der Waals surface area contributed by atoms with Gasteiger partial charge in [-0.3, -0.25) is 4.79 Å². The molecule has 1 aromatic rings. The highest BCUT2D eigenvalue weighted by molar-refractivity contribution is 9.10. The van der Waals surface area contributed by atoms with Crippen LogP contribution in [-0.2, 0) is 4.79 Å². The summed E-state index contributed by atoms with van der Waals surface area (Å²) < 4.78 is 6.33. The van der Waals surface area contributed by atoms with Crippen molar-refractivity contribution in [2.75, 3.05) is 11.5 Å². The molecule has 0 aliphatic carbocycles. The Labute approximate surface area is 108 Å². The lowest BCUT2D eigenvalue weighted by molar-refractivity contribution is -0.139. The van der Waals surface area contributed by atoms with Crippen LogP contribution >= 0.6 is 27.7 Å². The maximum atomic E-state index is 11.8. The molecule has 1 fully saturated rings. The van der Waals surface area contributed by atoms with Crippen molar-refractivity contribution in [3.63, 3.8) is 0 Å². The average Bonchev–Trinajstić information content (AvgIpc) is 2.33. The summed E-state index contributed by atoms with van der Waals surface area (Å²) in [5, 5.41) is 0. The third-order valence-corrected chi connectivity index (χ3v) is 4.16. The molecule has 16 heavy (non-hydrogen) atoms. The Bertz CT molecular complexity index is 358. The SMILES string of the molecule is O=C(Oc1ccc(Br)cc1)C1CCSCC1. The van der Waals surface area contributed by atoms with E-state index in [1.807, 2.05) is 23.9 Å². The monoisotopic (exact) mass is 300 g/mol. The van der Waals surface area contributed by atoms with Crippen molar-refractivity contribution in [2.45, 2.75) is 12.8 Å². The van der Waals surface area contributed by atoms with Crippen LogP contribution in [0.1, 0.15) is 12.8 Å². The van der Waals surface area contributed by atoms with Gasteiger partial charge in [-0.2, -0.15) is 11.8 Å². The molecule has 1 saturated heterocycles. The number of benzene rings is 1. The van der Waals surface area contributed by atoms with Gasteiger partial charge in [-0.25, -0.2) is 0 Å². The van der Waals surface area contributed by atoms with Gasteiger partial charge in [-0.1, -0.05) is 15.9 Å². The van der Waals surface area contributed by atoms with Crippen molar-refractivity contribution in [2.24, 2.45) is 5.92 Å². The normalized spacial score (nSPS) is 17.1. The molecular weight excluding hydrogens is 288 g/mol. The average molecular weight is 301 g/mol. The number of halogens is 1. The molecule has 86 valence electrons. The fourth-order valence-corrected chi connectivity index (χ4v) is 3.01. The van der Waals surface area contributed by atoms with E-state index in [0.717, 1.165) is 28.8 Å².